The van der Waals surface area contributed by atoms with Crippen LogP contribution < -0.4 is 4.74 Å². The first-order valence-corrected chi connectivity index (χ1v) is 9.21. The second kappa shape index (κ2) is 8.66. The number of furan rings is 1. The maximum absolute atomic E-state index is 12.2. The van der Waals surface area contributed by atoms with Crippen molar-refractivity contribution in [3.63, 3.8) is 0 Å². The summed E-state index contributed by atoms with van der Waals surface area (Å²) in [7, 11) is 0. The van der Waals surface area contributed by atoms with Gasteiger partial charge in [0, 0.05) is 5.56 Å². The summed E-state index contributed by atoms with van der Waals surface area (Å²) in [5.74, 6) is 1.59. The van der Waals surface area contributed by atoms with E-state index in [2.05, 4.69) is 0 Å². The lowest BCUT2D eigenvalue weighted by Crippen LogP contribution is -1.96. The van der Waals surface area contributed by atoms with Crippen molar-refractivity contribution in [2.75, 3.05) is 0 Å². The molecule has 138 valence electrons. The predicted octanol–water partition coefficient (Wildman–Crippen LogP) is 7.02. The average Bonchev–Trinajstić information content (AvgIpc) is 3.09. The molecular formula is C21H15Cl3O3. The van der Waals surface area contributed by atoms with Crippen molar-refractivity contribution >= 4 is 46.7 Å². The molecule has 0 radical (unpaired) electrons. The van der Waals surface area contributed by atoms with E-state index < -0.39 is 0 Å². The Balaban J connectivity index is 1.64. The van der Waals surface area contributed by atoms with Gasteiger partial charge in [-0.1, -0.05) is 46.9 Å². The molecule has 0 aliphatic rings. The summed E-state index contributed by atoms with van der Waals surface area (Å²) < 4.78 is 11.4. The first kappa shape index (κ1) is 19.6. The molecule has 0 aliphatic heterocycles. The number of aryl methyl sites for hydroxylation is 1. The van der Waals surface area contributed by atoms with Crippen LogP contribution in [0, 0.1) is 6.92 Å². The minimum Gasteiger partial charge on any atom is -0.484 e. The van der Waals surface area contributed by atoms with E-state index in [4.69, 9.17) is 44.0 Å². The number of rotatable bonds is 6. The van der Waals surface area contributed by atoms with Gasteiger partial charge in [0.2, 0.25) is 0 Å². The van der Waals surface area contributed by atoms with E-state index in [9.17, 15) is 4.79 Å². The number of carbonyl (C=O) groups is 1. The molecule has 0 spiro atoms. The summed E-state index contributed by atoms with van der Waals surface area (Å²) in [5.41, 5.74) is 1.39. The Bertz CT molecular complexity index is 985. The molecule has 3 rings (SSSR count). The van der Waals surface area contributed by atoms with E-state index in [-0.39, 0.29) is 12.4 Å². The van der Waals surface area contributed by atoms with Crippen LogP contribution in [0.2, 0.25) is 15.1 Å². The Morgan fingerprint density at radius 3 is 2.59 bits per heavy atom. The monoisotopic (exact) mass is 420 g/mol. The van der Waals surface area contributed by atoms with Crippen molar-refractivity contribution in [3.05, 3.63) is 92.3 Å². The topological polar surface area (TPSA) is 39.4 Å². The Morgan fingerprint density at radius 2 is 1.85 bits per heavy atom. The van der Waals surface area contributed by atoms with Crippen LogP contribution in [0.1, 0.15) is 27.4 Å². The Labute approximate surface area is 172 Å². The molecular weight excluding hydrogens is 407 g/mol. The highest BCUT2D eigenvalue weighted by molar-refractivity contribution is 6.42. The van der Waals surface area contributed by atoms with Crippen LogP contribution in [0.25, 0.3) is 6.08 Å². The quantitative estimate of drug-likeness (QED) is 0.317. The highest BCUT2D eigenvalue weighted by Crippen LogP contribution is 2.29. The van der Waals surface area contributed by atoms with Crippen LogP contribution in [0.4, 0.5) is 0 Å². The molecule has 3 aromatic rings. The minimum atomic E-state index is -0.200. The lowest BCUT2D eigenvalue weighted by molar-refractivity contribution is 0.104. The smallest absolute Gasteiger partial charge is 0.186 e. The summed E-state index contributed by atoms with van der Waals surface area (Å²) >= 11 is 17.9. The largest absolute Gasteiger partial charge is 0.484 e. The molecule has 27 heavy (non-hydrogen) atoms. The minimum absolute atomic E-state index is 0.200. The summed E-state index contributed by atoms with van der Waals surface area (Å²) in [6.45, 7) is 2.16. The maximum Gasteiger partial charge on any atom is 0.186 e. The summed E-state index contributed by atoms with van der Waals surface area (Å²) in [5, 5.41) is 1.29. The van der Waals surface area contributed by atoms with Crippen molar-refractivity contribution < 1.29 is 13.9 Å². The van der Waals surface area contributed by atoms with Gasteiger partial charge in [-0.05, 0) is 61.0 Å². The molecule has 0 unspecified atom stereocenters. The number of benzene rings is 2. The van der Waals surface area contributed by atoms with E-state index in [0.717, 1.165) is 5.56 Å². The van der Waals surface area contributed by atoms with Gasteiger partial charge in [-0.15, -0.1) is 0 Å². The van der Waals surface area contributed by atoms with E-state index in [1.807, 2.05) is 19.1 Å². The van der Waals surface area contributed by atoms with Crippen molar-refractivity contribution in [3.8, 4) is 5.75 Å². The number of ketones is 1. The molecule has 2 aromatic carbocycles. The summed E-state index contributed by atoms with van der Waals surface area (Å²) in [6.07, 6.45) is 3.01. The third-order valence-electron chi connectivity index (χ3n) is 3.81. The van der Waals surface area contributed by atoms with Crippen LogP contribution >= 0.6 is 34.8 Å². The van der Waals surface area contributed by atoms with Crippen molar-refractivity contribution in [2.24, 2.45) is 0 Å². The zero-order valence-corrected chi connectivity index (χ0v) is 16.6. The van der Waals surface area contributed by atoms with Gasteiger partial charge < -0.3 is 9.15 Å². The molecule has 0 aliphatic carbocycles. The van der Waals surface area contributed by atoms with E-state index in [1.165, 1.54) is 12.1 Å². The molecule has 0 saturated heterocycles. The number of carbonyl (C=O) groups excluding carboxylic acids is 1. The maximum atomic E-state index is 12.2. The molecule has 0 atom stereocenters. The first-order valence-electron chi connectivity index (χ1n) is 8.08. The molecule has 0 N–H and O–H groups in total. The van der Waals surface area contributed by atoms with Crippen molar-refractivity contribution in [2.45, 2.75) is 13.5 Å². The normalized spacial score (nSPS) is 11.1. The van der Waals surface area contributed by atoms with E-state index in [1.54, 1.807) is 36.4 Å². The van der Waals surface area contributed by atoms with Crippen molar-refractivity contribution in [1.29, 1.82) is 0 Å². The number of hydrogen-bond donors (Lipinski definition) is 0. The van der Waals surface area contributed by atoms with Crippen LogP contribution in [0.15, 0.2) is 59.0 Å². The fourth-order valence-corrected chi connectivity index (χ4v) is 2.98. The van der Waals surface area contributed by atoms with Gasteiger partial charge >= 0.3 is 0 Å². The third-order valence-corrected chi connectivity index (χ3v) is 4.84. The van der Waals surface area contributed by atoms with Gasteiger partial charge in [-0.3, -0.25) is 4.79 Å². The molecule has 1 aromatic heterocycles. The fourth-order valence-electron chi connectivity index (χ4n) is 2.41. The van der Waals surface area contributed by atoms with Gasteiger partial charge in [-0.2, -0.15) is 0 Å². The van der Waals surface area contributed by atoms with Gasteiger partial charge in [-0.25, -0.2) is 0 Å². The number of hydrogen-bond acceptors (Lipinski definition) is 3. The summed E-state index contributed by atoms with van der Waals surface area (Å²) in [6, 6.07) is 13.8. The summed E-state index contributed by atoms with van der Waals surface area (Å²) in [4.78, 5) is 12.2. The van der Waals surface area contributed by atoms with Gasteiger partial charge in [0.25, 0.3) is 0 Å². The van der Waals surface area contributed by atoms with Crippen LogP contribution in [0.5, 0.6) is 5.75 Å². The van der Waals surface area contributed by atoms with Crippen LogP contribution in [0.3, 0.4) is 0 Å². The Kier molecular flexibility index (Phi) is 6.27. The lowest BCUT2D eigenvalue weighted by atomic mass is 10.1. The molecule has 0 fully saturated rings. The average molecular weight is 422 g/mol. The molecule has 1 heterocycles. The zero-order chi connectivity index (χ0) is 19.4. The lowest BCUT2D eigenvalue weighted by Gasteiger charge is -2.09. The molecule has 3 nitrogen and oxygen atoms in total. The fraction of sp³-hybridized carbons (Fsp3) is 0.0952. The molecule has 0 bridgehead atoms. The van der Waals surface area contributed by atoms with Crippen LogP contribution in [-0.2, 0) is 6.61 Å². The number of para-hydroxylation sites is 1. The molecule has 0 saturated carbocycles. The van der Waals surface area contributed by atoms with E-state index >= 15 is 0 Å². The standard InChI is InChI=1S/C21H15Cl3O3/c1-13-3-2-4-18(23)21(13)26-12-16-7-6-15(27-16)8-10-20(25)14-5-9-17(22)19(24)11-14/h2-11H,12H2,1H3/b10-8+. The number of halogens is 3. The van der Waals surface area contributed by atoms with E-state index in [0.29, 0.717) is 37.9 Å². The van der Waals surface area contributed by atoms with Gasteiger partial charge in [0.05, 0.1) is 15.1 Å². The predicted molar refractivity (Wildman–Crippen MR) is 109 cm³/mol. The van der Waals surface area contributed by atoms with Gasteiger partial charge in [0.1, 0.15) is 23.9 Å². The molecule has 0 amide bonds. The van der Waals surface area contributed by atoms with Gasteiger partial charge in [0.15, 0.2) is 5.78 Å². The second-order valence-corrected chi connectivity index (χ2v) is 7.03. The molecule has 6 heteroatoms. The number of ether oxygens (including phenoxy) is 1. The van der Waals surface area contributed by atoms with Crippen molar-refractivity contribution in [1.82, 2.24) is 0 Å². The Hall–Kier alpha value is -2.20. The first-order chi connectivity index (χ1) is 12.9. The van der Waals surface area contributed by atoms with Crippen LogP contribution in [-0.4, -0.2) is 5.78 Å². The zero-order valence-electron chi connectivity index (χ0n) is 14.3. The third kappa shape index (κ3) is 4.95. The Morgan fingerprint density at radius 1 is 1.04 bits per heavy atom. The SMILES string of the molecule is Cc1cccc(Cl)c1OCc1ccc(/C=C/C(=O)c2ccc(Cl)c(Cl)c2)o1. The second-order valence-electron chi connectivity index (χ2n) is 5.81. The highest BCUT2D eigenvalue weighted by atomic mass is 35.5. The number of allylic oxidation sites excluding steroid dienone is 1. The highest BCUT2D eigenvalue weighted by Gasteiger charge is 2.08.